The van der Waals surface area contributed by atoms with Gasteiger partial charge in [0.2, 0.25) is 0 Å². The molecule has 0 bridgehead atoms. The number of ether oxygens (including phenoxy) is 2. The fourth-order valence-corrected chi connectivity index (χ4v) is 12.5. The van der Waals surface area contributed by atoms with Gasteiger partial charge in [-0.25, -0.2) is 4.79 Å². The summed E-state index contributed by atoms with van der Waals surface area (Å²) in [5.41, 5.74) is 0.0254. The minimum atomic E-state index is -2.72. The van der Waals surface area contributed by atoms with Gasteiger partial charge in [-0.3, -0.25) is 0 Å². The predicted molar refractivity (Wildman–Crippen MR) is 216 cm³/mol. The highest BCUT2D eigenvalue weighted by Gasteiger charge is 2.50. The van der Waals surface area contributed by atoms with Crippen molar-refractivity contribution in [1.29, 1.82) is 0 Å². The zero-order chi connectivity index (χ0) is 39.2. The van der Waals surface area contributed by atoms with Crippen molar-refractivity contribution in [1.82, 2.24) is 0 Å². The first-order chi connectivity index (χ1) is 23.3. The van der Waals surface area contributed by atoms with Crippen molar-refractivity contribution >= 4 is 33.0 Å². The zero-order valence-electron chi connectivity index (χ0n) is 34.5. The highest BCUT2D eigenvalue weighted by atomic mass is 28.4. The standard InChI is InChI=1S/C42H70O7Si2/c1-29(28-47-51(42(11,12)13,33-23-19-17-20-24-33)34-25-21-18-22-26-34)27-30(2)35(43)31(3)36(44)32(4)37(46-14)38(39(45)48-40(5,6)7)49-50(15,16)41(8,9)10/h17-27,29,31-32,35-38,43-44H,28H2,1-16H3/b30-27+/t29-,31+,32+,35-,36-,37-,38+/m0/s1. The van der Waals surface area contributed by atoms with E-state index < -0.39 is 64.5 Å². The van der Waals surface area contributed by atoms with Crippen molar-refractivity contribution in [2.75, 3.05) is 13.7 Å². The predicted octanol–water partition coefficient (Wildman–Crippen LogP) is 7.89. The number of hydrogen-bond acceptors (Lipinski definition) is 7. The fraction of sp³-hybridized carbons (Fsp3) is 0.643. The molecule has 0 unspecified atom stereocenters. The Kier molecular flexibility index (Phi) is 15.7. The Morgan fingerprint density at radius 2 is 1.25 bits per heavy atom. The summed E-state index contributed by atoms with van der Waals surface area (Å²) in [6, 6.07) is 21.1. The number of methoxy groups -OCH3 is 1. The lowest BCUT2D eigenvalue weighted by Gasteiger charge is -2.43. The van der Waals surface area contributed by atoms with E-state index in [-0.39, 0.29) is 16.0 Å². The molecule has 7 atom stereocenters. The Labute approximate surface area is 312 Å². The largest absolute Gasteiger partial charge is 0.458 e. The lowest BCUT2D eigenvalue weighted by molar-refractivity contribution is -0.176. The number of carbonyl (C=O) groups excluding carboxylic acids is 1. The molecule has 2 N–H and O–H groups in total. The van der Waals surface area contributed by atoms with Gasteiger partial charge in [0.15, 0.2) is 14.4 Å². The first kappa shape index (κ1) is 45.0. The summed E-state index contributed by atoms with van der Waals surface area (Å²) in [5.74, 6) is -1.65. The molecule has 2 aromatic carbocycles. The van der Waals surface area contributed by atoms with Crippen LogP contribution in [0.15, 0.2) is 72.3 Å². The van der Waals surface area contributed by atoms with Gasteiger partial charge in [0.05, 0.1) is 18.3 Å². The second-order valence-corrected chi connectivity index (χ2v) is 27.1. The average molecular weight is 743 g/mol. The monoisotopic (exact) mass is 742 g/mol. The van der Waals surface area contributed by atoms with Gasteiger partial charge in [0.25, 0.3) is 8.32 Å². The van der Waals surface area contributed by atoms with Gasteiger partial charge in [-0.2, -0.15) is 0 Å². The molecule has 0 aromatic heterocycles. The van der Waals surface area contributed by atoms with Gasteiger partial charge in [0, 0.05) is 25.6 Å². The zero-order valence-corrected chi connectivity index (χ0v) is 36.5. The van der Waals surface area contributed by atoms with Gasteiger partial charge >= 0.3 is 5.97 Å². The van der Waals surface area contributed by atoms with Crippen molar-refractivity contribution in [2.45, 2.75) is 143 Å². The molecule has 0 heterocycles. The second kappa shape index (κ2) is 17.8. The molecule has 0 aliphatic heterocycles. The van der Waals surface area contributed by atoms with E-state index in [9.17, 15) is 15.0 Å². The maximum absolute atomic E-state index is 13.6. The van der Waals surface area contributed by atoms with E-state index in [4.69, 9.17) is 18.3 Å². The molecule has 2 aromatic rings. The molecule has 7 nitrogen and oxygen atoms in total. The third kappa shape index (κ3) is 11.4. The summed E-state index contributed by atoms with van der Waals surface area (Å²) >= 11 is 0. The Balaban J connectivity index is 2.35. The maximum Gasteiger partial charge on any atom is 0.337 e. The number of esters is 1. The van der Waals surface area contributed by atoms with Crippen LogP contribution in [0.25, 0.3) is 0 Å². The normalized spacial score (nSPS) is 18.0. The van der Waals surface area contributed by atoms with Crippen LogP contribution in [-0.2, 0) is 23.1 Å². The van der Waals surface area contributed by atoms with Crippen LogP contribution < -0.4 is 10.4 Å². The Morgan fingerprint density at radius 1 is 0.784 bits per heavy atom. The molecule has 288 valence electrons. The van der Waals surface area contributed by atoms with Crippen LogP contribution in [0.5, 0.6) is 0 Å². The van der Waals surface area contributed by atoms with E-state index in [1.165, 1.54) is 17.5 Å². The molecule has 0 saturated heterocycles. The average Bonchev–Trinajstić information content (AvgIpc) is 3.02. The molecular formula is C42H70O7Si2. The minimum Gasteiger partial charge on any atom is -0.458 e. The van der Waals surface area contributed by atoms with Gasteiger partial charge in [-0.05, 0) is 72.7 Å². The fourth-order valence-electron chi connectivity index (χ4n) is 6.61. The molecule has 0 aliphatic carbocycles. The number of carbonyl (C=O) groups is 1. The third-order valence-electron chi connectivity index (χ3n) is 10.5. The number of aliphatic hydroxyl groups excluding tert-OH is 2. The van der Waals surface area contributed by atoms with Crippen LogP contribution >= 0.6 is 0 Å². The lowest BCUT2D eigenvalue weighted by Crippen LogP contribution is -2.66. The third-order valence-corrected chi connectivity index (χ3v) is 20.0. The van der Waals surface area contributed by atoms with E-state index in [0.717, 1.165) is 5.57 Å². The minimum absolute atomic E-state index is 0.00988. The van der Waals surface area contributed by atoms with Crippen molar-refractivity contribution in [3.8, 4) is 0 Å². The van der Waals surface area contributed by atoms with E-state index in [0.29, 0.717) is 6.61 Å². The van der Waals surface area contributed by atoms with E-state index >= 15 is 0 Å². The molecule has 0 aliphatic rings. The summed E-state index contributed by atoms with van der Waals surface area (Å²) in [4.78, 5) is 13.6. The first-order valence-corrected chi connectivity index (χ1v) is 23.3. The van der Waals surface area contributed by atoms with Crippen molar-refractivity contribution in [3.63, 3.8) is 0 Å². The second-order valence-electron chi connectivity index (χ2n) is 18.0. The number of hydrogen-bond donors (Lipinski definition) is 2. The summed E-state index contributed by atoms with van der Waals surface area (Å²) in [6.45, 7) is 30.9. The Hall–Kier alpha value is -2.12. The molecule has 0 fully saturated rings. The van der Waals surface area contributed by atoms with E-state index in [1.54, 1.807) is 0 Å². The Morgan fingerprint density at radius 3 is 1.65 bits per heavy atom. The maximum atomic E-state index is 13.6. The first-order valence-electron chi connectivity index (χ1n) is 18.5. The molecule has 2 rings (SSSR count). The number of aliphatic hydroxyl groups is 2. The smallest absolute Gasteiger partial charge is 0.337 e. The SMILES string of the molecule is CO[C@@H]([C@H](C)[C@@H](O)[C@H](C)[C@@H](O)/C(C)=C/[C@H](C)CO[Si](c1ccccc1)(c1ccccc1)C(C)(C)C)[C@@H](O[Si](C)(C)C(C)(C)C)C(=O)OC(C)(C)C. The van der Waals surface area contributed by atoms with Crippen molar-refractivity contribution in [3.05, 3.63) is 72.3 Å². The van der Waals surface area contributed by atoms with Gasteiger partial charge in [-0.1, -0.05) is 129 Å². The van der Waals surface area contributed by atoms with Crippen LogP contribution in [0, 0.1) is 17.8 Å². The van der Waals surface area contributed by atoms with Crippen molar-refractivity contribution < 1.29 is 33.3 Å². The van der Waals surface area contributed by atoms with E-state index in [2.05, 4.69) is 110 Å². The van der Waals surface area contributed by atoms with Gasteiger partial charge in [0.1, 0.15) is 5.60 Å². The van der Waals surface area contributed by atoms with E-state index in [1.807, 2.05) is 59.8 Å². The molecule has 0 amide bonds. The highest BCUT2D eigenvalue weighted by Crippen LogP contribution is 2.40. The van der Waals surface area contributed by atoms with Crippen LogP contribution in [-0.4, -0.2) is 76.6 Å². The quantitative estimate of drug-likeness (QED) is 0.103. The summed E-state index contributed by atoms with van der Waals surface area (Å²) in [5, 5.41) is 25.5. The summed E-state index contributed by atoms with van der Waals surface area (Å²) in [7, 11) is -3.65. The van der Waals surface area contributed by atoms with Crippen LogP contribution in [0.3, 0.4) is 0 Å². The number of rotatable bonds is 16. The summed E-state index contributed by atoms with van der Waals surface area (Å²) < 4.78 is 25.6. The van der Waals surface area contributed by atoms with Gasteiger partial charge < -0.3 is 28.5 Å². The molecule has 0 spiro atoms. The van der Waals surface area contributed by atoms with Crippen LogP contribution in [0.1, 0.15) is 90.0 Å². The molecule has 51 heavy (non-hydrogen) atoms. The topological polar surface area (TPSA) is 94.5 Å². The number of benzene rings is 2. The lowest BCUT2D eigenvalue weighted by atomic mass is 9.82. The van der Waals surface area contributed by atoms with Gasteiger partial charge in [-0.15, -0.1) is 0 Å². The Bertz CT molecular complexity index is 1350. The highest BCUT2D eigenvalue weighted by molar-refractivity contribution is 6.99. The molecule has 0 saturated carbocycles. The molecule has 0 radical (unpaired) electrons. The van der Waals surface area contributed by atoms with Crippen LogP contribution in [0.4, 0.5) is 0 Å². The molecular weight excluding hydrogens is 673 g/mol. The van der Waals surface area contributed by atoms with Crippen molar-refractivity contribution in [2.24, 2.45) is 17.8 Å². The summed E-state index contributed by atoms with van der Waals surface area (Å²) in [6.07, 6.45) is -1.74. The molecule has 9 heteroatoms. The van der Waals surface area contributed by atoms with Crippen LogP contribution in [0.2, 0.25) is 23.2 Å².